The molecule has 0 aromatic carbocycles. The minimum atomic E-state index is -0.467. The number of nitrogens with two attached hydrogens (primary N) is 1. The summed E-state index contributed by atoms with van der Waals surface area (Å²) in [5.41, 5.74) is 7.67. The minimum Gasteiger partial charge on any atom is -0.394 e. The average Bonchev–Trinajstić information content (AvgIpc) is 3.08. The maximum atomic E-state index is 9.40. The van der Waals surface area contributed by atoms with Crippen molar-refractivity contribution in [1.29, 1.82) is 0 Å². The summed E-state index contributed by atoms with van der Waals surface area (Å²) in [7, 11) is 0. The predicted octanol–water partition coefficient (Wildman–Crippen LogP) is 1.29. The molecular formula is C12H19N3OS. The number of aliphatic hydroxyl groups excluding tert-OH is 1. The zero-order valence-corrected chi connectivity index (χ0v) is 11.1. The van der Waals surface area contributed by atoms with Gasteiger partial charge in [-0.2, -0.15) is 0 Å². The Labute approximate surface area is 106 Å². The molecule has 1 aliphatic rings. The van der Waals surface area contributed by atoms with Crippen molar-refractivity contribution in [2.75, 3.05) is 12.4 Å². The Hall–Kier alpha value is -0.650. The highest BCUT2D eigenvalue weighted by Gasteiger charge is 2.41. The molecule has 0 saturated heterocycles. The standard InChI is InChI=1S/C12H19N3OS/c1-8-5-9(2)15-11(14-8)17-7-12(13,6-16)10-3-4-10/h5,10,16H,3-4,6-7,13H2,1-2H3. The van der Waals surface area contributed by atoms with Gasteiger partial charge in [0.25, 0.3) is 0 Å². The van der Waals surface area contributed by atoms with Crippen LogP contribution in [0.25, 0.3) is 0 Å². The maximum Gasteiger partial charge on any atom is 0.188 e. The van der Waals surface area contributed by atoms with Crippen LogP contribution in [0.5, 0.6) is 0 Å². The van der Waals surface area contributed by atoms with E-state index in [0.717, 1.165) is 29.4 Å². The quantitative estimate of drug-likeness (QED) is 0.611. The molecular weight excluding hydrogens is 234 g/mol. The van der Waals surface area contributed by atoms with Crippen molar-refractivity contribution in [3.8, 4) is 0 Å². The third-order valence-corrected chi connectivity index (χ3v) is 4.24. The number of thioether (sulfide) groups is 1. The highest BCUT2D eigenvalue weighted by molar-refractivity contribution is 7.99. The minimum absolute atomic E-state index is 0.0372. The first-order valence-corrected chi connectivity index (χ1v) is 6.87. The normalized spacial score (nSPS) is 19.1. The predicted molar refractivity (Wildman–Crippen MR) is 69.0 cm³/mol. The lowest BCUT2D eigenvalue weighted by Crippen LogP contribution is -2.48. The van der Waals surface area contributed by atoms with Gasteiger partial charge in [-0.15, -0.1) is 0 Å². The SMILES string of the molecule is Cc1cc(C)nc(SCC(N)(CO)C2CC2)n1. The van der Waals surface area contributed by atoms with E-state index in [0.29, 0.717) is 11.7 Å². The van der Waals surface area contributed by atoms with E-state index >= 15 is 0 Å². The number of aryl methyl sites for hydroxylation is 2. The van der Waals surface area contributed by atoms with Crippen molar-refractivity contribution in [3.63, 3.8) is 0 Å². The molecule has 1 unspecified atom stereocenters. The fraction of sp³-hybridized carbons (Fsp3) is 0.667. The molecule has 4 nitrogen and oxygen atoms in total. The first kappa shape index (κ1) is 12.8. The second kappa shape index (κ2) is 4.92. The van der Waals surface area contributed by atoms with Crippen LogP contribution in [-0.4, -0.2) is 33.0 Å². The zero-order chi connectivity index (χ0) is 12.5. The first-order chi connectivity index (χ1) is 8.03. The van der Waals surface area contributed by atoms with Gasteiger partial charge in [0, 0.05) is 17.1 Å². The van der Waals surface area contributed by atoms with Crippen LogP contribution in [0.4, 0.5) is 0 Å². The smallest absolute Gasteiger partial charge is 0.188 e. The molecule has 1 atom stereocenters. The van der Waals surface area contributed by atoms with E-state index in [-0.39, 0.29) is 6.61 Å². The van der Waals surface area contributed by atoms with Crippen molar-refractivity contribution < 1.29 is 5.11 Å². The molecule has 1 aromatic rings. The van der Waals surface area contributed by atoms with Crippen LogP contribution in [0, 0.1) is 19.8 Å². The lowest BCUT2D eigenvalue weighted by Gasteiger charge is -2.26. The van der Waals surface area contributed by atoms with Crippen LogP contribution in [0.2, 0.25) is 0 Å². The van der Waals surface area contributed by atoms with Gasteiger partial charge in [0.05, 0.1) is 12.1 Å². The van der Waals surface area contributed by atoms with Gasteiger partial charge in [-0.25, -0.2) is 9.97 Å². The van der Waals surface area contributed by atoms with Gasteiger partial charge in [-0.1, -0.05) is 11.8 Å². The van der Waals surface area contributed by atoms with Gasteiger partial charge in [-0.05, 0) is 38.7 Å². The van der Waals surface area contributed by atoms with Gasteiger partial charge < -0.3 is 10.8 Å². The summed E-state index contributed by atoms with van der Waals surface area (Å²) in [5, 5.41) is 10.2. The van der Waals surface area contributed by atoms with Crippen LogP contribution in [0.1, 0.15) is 24.2 Å². The van der Waals surface area contributed by atoms with Gasteiger partial charge in [-0.3, -0.25) is 0 Å². The van der Waals surface area contributed by atoms with E-state index < -0.39 is 5.54 Å². The van der Waals surface area contributed by atoms with Gasteiger partial charge >= 0.3 is 0 Å². The second-order valence-corrected chi connectivity index (χ2v) is 5.83. The molecule has 0 bridgehead atoms. The maximum absolute atomic E-state index is 9.40. The number of aliphatic hydroxyl groups is 1. The van der Waals surface area contributed by atoms with Crippen LogP contribution >= 0.6 is 11.8 Å². The molecule has 1 aromatic heterocycles. The van der Waals surface area contributed by atoms with Crippen molar-refractivity contribution >= 4 is 11.8 Å². The molecule has 1 heterocycles. The van der Waals surface area contributed by atoms with Gasteiger partial charge in [0.15, 0.2) is 5.16 Å². The molecule has 5 heteroatoms. The highest BCUT2D eigenvalue weighted by Crippen LogP contribution is 2.40. The molecule has 3 N–H and O–H groups in total. The van der Waals surface area contributed by atoms with E-state index in [1.165, 1.54) is 0 Å². The molecule has 1 fully saturated rings. The van der Waals surface area contributed by atoms with Crippen LogP contribution in [-0.2, 0) is 0 Å². The van der Waals surface area contributed by atoms with E-state index in [1.54, 1.807) is 11.8 Å². The van der Waals surface area contributed by atoms with Crippen molar-refractivity contribution in [2.45, 2.75) is 37.4 Å². The Morgan fingerprint density at radius 1 is 1.41 bits per heavy atom. The molecule has 0 spiro atoms. The van der Waals surface area contributed by atoms with Crippen LogP contribution < -0.4 is 5.73 Å². The number of nitrogens with zero attached hydrogens (tertiary/aromatic N) is 2. The molecule has 2 rings (SSSR count). The van der Waals surface area contributed by atoms with Gasteiger partial charge in [0.1, 0.15) is 0 Å². The number of rotatable bonds is 5. The van der Waals surface area contributed by atoms with E-state index in [1.807, 2.05) is 19.9 Å². The van der Waals surface area contributed by atoms with Crippen molar-refractivity contribution in [2.24, 2.45) is 11.7 Å². The summed E-state index contributed by atoms with van der Waals surface area (Å²) in [6, 6.07) is 1.95. The Balaban J connectivity index is 2.01. The fourth-order valence-corrected chi connectivity index (χ4v) is 3.05. The average molecular weight is 253 g/mol. The lowest BCUT2D eigenvalue weighted by atomic mass is 9.99. The molecule has 1 aliphatic carbocycles. The molecule has 0 aliphatic heterocycles. The van der Waals surface area contributed by atoms with Crippen LogP contribution in [0.15, 0.2) is 11.2 Å². The van der Waals surface area contributed by atoms with Crippen molar-refractivity contribution in [1.82, 2.24) is 9.97 Å². The van der Waals surface area contributed by atoms with E-state index in [9.17, 15) is 5.11 Å². The van der Waals surface area contributed by atoms with E-state index in [4.69, 9.17) is 5.73 Å². The first-order valence-electron chi connectivity index (χ1n) is 5.88. The highest BCUT2D eigenvalue weighted by atomic mass is 32.2. The molecule has 94 valence electrons. The Kier molecular flexibility index (Phi) is 3.70. The van der Waals surface area contributed by atoms with Gasteiger partial charge in [0.2, 0.25) is 0 Å². The number of aromatic nitrogens is 2. The summed E-state index contributed by atoms with van der Waals surface area (Å²) in [5.74, 6) is 1.14. The second-order valence-electron chi connectivity index (χ2n) is 4.89. The summed E-state index contributed by atoms with van der Waals surface area (Å²) in [6.07, 6.45) is 2.26. The molecule has 1 saturated carbocycles. The summed E-state index contributed by atoms with van der Waals surface area (Å²) in [6.45, 7) is 3.96. The summed E-state index contributed by atoms with van der Waals surface area (Å²) >= 11 is 1.54. The molecule has 0 amide bonds. The largest absolute Gasteiger partial charge is 0.394 e. The van der Waals surface area contributed by atoms with Crippen LogP contribution in [0.3, 0.4) is 0 Å². The number of hydrogen-bond acceptors (Lipinski definition) is 5. The Bertz CT molecular complexity index is 388. The van der Waals surface area contributed by atoms with E-state index in [2.05, 4.69) is 9.97 Å². The Morgan fingerprint density at radius 2 is 2.00 bits per heavy atom. The number of hydrogen-bond donors (Lipinski definition) is 2. The fourth-order valence-electron chi connectivity index (χ4n) is 1.91. The summed E-state index contributed by atoms with van der Waals surface area (Å²) < 4.78 is 0. The summed E-state index contributed by atoms with van der Waals surface area (Å²) in [4.78, 5) is 8.73. The Morgan fingerprint density at radius 3 is 2.47 bits per heavy atom. The third kappa shape index (κ3) is 3.18. The lowest BCUT2D eigenvalue weighted by molar-refractivity contribution is 0.194. The zero-order valence-electron chi connectivity index (χ0n) is 10.3. The topological polar surface area (TPSA) is 72.0 Å². The van der Waals surface area contributed by atoms with Crippen molar-refractivity contribution in [3.05, 3.63) is 17.5 Å². The molecule has 0 radical (unpaired) electrons. The molecule has 17 heavy (non-hydrogen) atoms. The monoisotopic (exact) mass is 253 g/mol. The third-order valence-electron chi connectivity index (χ3n) is 3.12.